The van der Waals surface area contributed by atoms with E-state index in [-0.39, 0.29) is 10.8 Å². The van der Waals surface area contributed by atoms with Crippen LogP contribution in [-0.2, 0) is 14.8 Å². The quantitative estimate of drug-likeness (QED) is 0.770. The number of rotatable bonds is 6. The Labute approximate surface area is 126 Å². The van der Waals surface area contributed by atoms with Crippen molar-refractivity contribution in [2.24, 2.45) is 0 Å². The van der Waals surface area contributed by atoms with Crippen molar-refractivity contribution in [1.82, 2.24) is 9.62 Å². The molecule has 0 radical (unpaired) electrons. The molecule has 0 aliphatic carbocycles. The van der Waals surface area contributed by atoms with Crippen molar-refractivity contribution in [3.8, 4) is 0 Å². The van der Waals surface area contributed by atoms with Gasteiger partial charge in [0.2, 0.25) is 15.9 Å². The minimum atomic E-state index is -3.75. The molecule has 0 bridgehead atoms. The number of nitrogen functional groups attached to an aromatic ring is 1. The van der Waals surface area contributed by atoms with Crippen LogP contribution in [0, 0.1) is 6.92 Å². The molecule has 0 saturated heterocycles. The number of nitrogens with zero attached hydrogens (tertiary/aromatic N) is 1. The number of nitrogens with one attached hydrogen (secondary N) is 1. The highest BCUT2D eigenvalue weighted by Gasteiger charge is 2.25. The highest BCUT2D eigenvalue weighted by atomic mass is 32.2. The second-order valence-electron chi connectivity index (χ2n) is 4.88. The molecule has 1 atom stereocenters. The Balaban J connectivity index is 2.97. The number of anilines is 1. The van der Waals surface area contributed by atoms with Crippen LogP contribution in [0.2, 0.25) is 0 Å². The fourth-order valence-corrected chi connectivity index (χ4v) is 3.55. The Kier molecular flexibility index (Phi) is 5.74. The van der Waals surface area contributed by atoms with E-state index < -0.39 is 16.1 Å². The van der Waals surface area contributed by atoms with Crippen molar-refractivity contribution >= 4 is 21.6 Å². The summed E-state index contributed by atoms with van der Waals surface area (Å²) in [6, 6.07) is 3.75. The molecule has 0 fully saturated rings. The van der Waals surface area contributed by atoms with Crippen molar-refractivity contribution in [2.45, 2.75) is 38.6 Å². The molecule has 0 saturated carbocycles. The van der Waals surface area contributed by atoms with Gasteiger partial charge in [-0.1, -0.05) is 0 Å². The maximum atomic E-state index is 12.4. The molecule has 1 unspecified atom stereocenters. The molecule has 3 N–H and O–H groups in total. The second-order valence-corrected chi connectivity index (χ2v) is 6.56. The Bertz CT molecular complexity index is 610. The van der Waals surface area contributed by atoms with E-state index in [9.17, 15) is 13.2 Å². The zero-order valence-corrected chi connectivity index (χ0v) is 13.7. The van der Waals surface area contributed by atoms with E-state index in [0.29, 0.717) is 24.3 Å². The molecule has 1 rings (SSSR count). The molecular formula is C14H23N3O3S. The average Bonchev–Trinajstić information content (AvgIpc) is 2.38. The summed E-state index contributed by atoms with van der Waals surface area (Å²) in [5, 5.41) is 0. The summed E-state index contributed by atoms with van der Waals surface area (Å²) in [5.41, 5.74) is 6.67. The third kappa shape index (κ3) is 4.18. The smallest absolute Gasteiger partial charge is 0.241 e. The van der Waals surface area contributed by atoms with Crippen LogP contribution < -0.4 is 10.5 Å². The fraction of sp³-hybridized carbons (Fsp3) is 0.500. The first-order valence-corrected chi connectivity index (χ1v) is 8.38. The SMILES string of the molecule is CCN(CC)C(=O)C(C)NS(=O)(=O)c1ccc(N)cc1C. The summed E-state index contributed by atoms with van der Waals surface area (Å²) in [7, 11) is -3.75. The zero-order valence-electron chi connectivity index (χ0n) is 12.9. The molecular weight excluding hydrogens is 290 g/mol. The van der Waals surface area contributed by atoms with Crippen LogP contribution in [0.5, 0.6) is 0 Å². The Morgan fingerprint density at radius 3 is 2.38 bits per heavy atom. The van der Waals surface area contributed by atoms with E-state index in [2.05, 4.69) is 4.72 Å². The Morgan fingerprint density at radius 1 is 1.33 bits per heavy atom. The van der Waals surface area contributed by atoms with Crippen molar-refractivity contribution in [2.75, 3.05) is 18.8 Å². The van der Waals surface area contributed by atoms with Crippen molar-refractivity contribution in [3.05, 3.63) is 23.8 Å². The van der Waals surface area contributed by atoms with Gasteiger partial charge in [0, 0.05) is 18.8 Å². The summed E-state index contributed by atoms with van der Waals surface area (Å²) < 4.78 is 27.1. The van der Waals surface area contributed by atoms with Crippen LogP contribution in [0.4, 0.5) is 5.69 Å². The Hall–Kier alpha value is -1.60. The van der Waals surface area contributed by atoms with E-state index in [1.54, 1.807) is 24.8 Å². The topological polar surface area (TPSA) is 92.5 Å². The monoisotopic (exact) mass is 313 g/mol. The highest BCUT2D eigenvalue weighted by molar-refractivity contribution is 7.89. The van der Waals surface area contributed by atoms with Crippen LogP contribution in [0.3, 0.4) is 0 Å². The highest BCUT2D eigenvalue weighted by Crippen LogP contribution is 2.18. The number of hydrogen-bond donors (Lipinski definition) is 2. The average molecular weight is 313 g/mol. The zero-order chi connectivity index (χ0) is 16.2. The van der Waals surface area contributed by atoms with Gasteiger partial charge in [-0.2, -0.15) is 4.72 Å². The number of carbonyl (C=O) groups excluding carboxylic acids is 1. The number of nitrogens with two attached hydrogens (primary N) is 1. The van der Waals surface area contributed by atoms with E-state index >= 15 is 0 Å². The summed E-state index contributed by atoms with van der Waals surface area (Å²) in [6.07, 6.45) is 0. The lowest BCUT2D eigenvalue weighted by molar-refractivity contribution is -0.132. The van der Waals surface area contributed by atoms with E-state index in [4.69, 9.17) is 5.73 Å². The lowest BCUT2D eigenvalue weighted by atomic mass is 10.2. The minimum absolute atomic E-state index is 0.135. The minimum Gasteiger partial charge on any atom is -0.399 e. The largest absolute Gasteiger partial charge is 0.399 e. The molecule has 0 spiro atoms. The molecule has 21 heavy (non-hydrogen) atoms. The maximum absolute atomic E-state index is 12.4. The van der Waals surface area contributed by atoms with Crippen molar-refractivity contribution in [3.63, 3.8) is 0 Å². The van der Waals surface area contributed by atoms with Gasteiger partial charge >= 0.3 is 0 Å². The summed E-state index contributed by atoms with van der Waals surface area (Å²) >= 11 is 0. The molecule has 7 heteroatoms. The number of aryl methyl sites for hydroxylation is 1. The molecule has 0 aliphatic rings. The number of benzene rings is 1. The fourth-order valence-electron chi connectivity index (χ4n) is 2.13. The van der Waals surface area contributed by atoms with E-state index in [0.717, 1.165) is 0 Å². The number of sulfonamides is 1. The van der Waals surface area contributed by atoms with Crippen molar-refractivity contribution in [1.29, 1.82) is 0 Å². The number of carbonyl (C=O) groups is 1. The van der Waals surface area contributed by atoms with Crippen LogP contribution in [0.25, 0.3) is 0 Å². The van der Waals surface area contributed by atoms with Gasteiger partial charge in [0.15, 0.2) is 0 Å². The van der Waals surface area contributed by atoms with Gasteiger partial charge in [-0.05, 0) is 51.5 Å². The van der Waals surface area contributed by atoms with Gasteiger partial charge in [0.25, 0.3) is 0 Å². The van der Waals surface area contributed by atoms with Crippen LogP contribution in [-0.4, -0.2) is 38.4 Å². The van der Waals surface area contributed by atoms with Gasteiger partial charge in [-0.15, -0.1) is 0 Å². The lowest BCUT2D eigenvalue weighted by Crippen LogP contribution is -2.46. The second kappa shape index (κ2) is 6.91. The molecule has 0 aliphatic heterocycles. The van der Waals surface area contributed by atoms with E-state index in [1.165, 1.54) is 12.1 Å². The number of likely N-dealkylation sites (N-methyl/N-ethyl adjacent to an activating group) is 1. The normalized spacial score (nSPS) is 13.0. The third-order valence-corrected chi connectivity index (χ3v) is 4.97. The van der Waals surface area contributed by atoms with Gasteiger partial charge in [0.05, 0.1) is 10.9 Å². The maximum Gasteiger partial charge on any atom is 0.241 e. The van der Waals surface area contributed by atoms with Crippen LogP contribution >= 0.6 is 0 Å². The van der Waals surface area contributed by atoms with Gasteiger partial charge in [-0.25, -0.2) is 8.42 Å². The molecule has 1 aromatic rings. The third-order valence-electron chi connectivity index (χ3n) is 3.27. The first-order valence-electron chi connectivity index (χ1n) is 6.90. The molecule has 118 valence electrons. The van der Waals surface area contributed by atoms with Gasteiger partial charge in [0.1, 0.15) is 0 Å². The summed E-state index contributed by atoms with van der Waals surface area (Å²) in [5.74, 6) is -0.239. The predicted molar refractivity (Wildman–Crippen MR) is 83.3 cm³/mol. The predicted octanol–water partition coefficient (Wildman–Crippen LogP) is 1.11. The lowest BCUT2D eigenvalue weighted by Gasteiger charge is -2.23. The van der Waals surface area contributed by atoms with Crippen LogP contribution in [0.15, 0.2) is 23.1 Å². The first-order chi connectivity index (χ1) is 9.72. The Morgan fingerprint density at radius 2 is 1.90 bits per heavy atom. The summed E-state index contributed by atoms with van der Waals surface area (Å²) in [4.78, 5) is 13.9. The van der Waals surface area contributed by atoms with E-state index in [1.807, 2.05) is 13.8 Å². The molecule has 0 heterocycles. The standard InChI is InChI=1S/C14H23N3O3S/c1-5-17(6-2)14(18)11(4)16-21(19,20)13-8-7-12(15)9-10(13)3/h7-9,11,16H,5-6,15H2,1-4H3. The number of amides is 1. The molecule has 0 aromatic heterocycles. The van der Waals surface area contributed by atoms with Gasteiger partial charge < -0.3 is 10.6 Å². The molecule has 1 aromatic carbocycles. The number of hydrogen-bond acceptors (Lipinski definition) is 4. The van der Waals surface area contributed by atoms with Crippen LogP contribution in [0.1, 0.15) is 26.3 Å². The summed E-state index contributed by atoms with van der Waals surface area (Å²) in [6.45, 7) is 8.01. The van der Waals surface area contributed by atoms with Crippen molar-refractivity contribution < 1.29 is 13.2 Å². The molecule has 6 nitrogen and oxygen atoms in total. The van der Waals surface area contributed by atoms with Gasteiger partial charge in [-0.3, -0.25) is 4.79 Å². The molecule has 1 amide bonds. The first kappa shape index (κ1) is 17.5.